The zero-order valence-corrected chi connectivity index (χ0v) is 22.9. The van der Waals surface area contributed by atoms with Gasteiger partial charge in [0.1, 0.15) is 31.0 Å². The van der Waals surface area contributed by atoms with E-state index in [1.54, 1.807) is 0 Å². The second-order valence-corrected chi connectivity index (χ2v) is 10.4. The lowest BCUT2D eigenvalue weighted by Gasteiger charge is -2.41. The summed E-state index contributed by atoms with van der Waals surface area (Å²) in [6.07, 6.45) is -5.28. The molecule has 0 bridgehead atoms. The highest BCUT2D eigenvalue weighted by Crippen LogP contribution is 2.44. The standard InChI is InChI=1S/C29H37N3O10/c33-23-15-42-29(40,26(37)25(23)36)16-30-12-5-10-22(27(38)31-13-11-24(34)35)32-28(39)41-14-21-19-8-3-1-6-17(19)18-7-2-4-9-20(18)21/h1-4,6-9,21-23,25-26,30,33,36-37,40H,5,10-16H2,(H,31,38)(H,32,39)(H,34,35)/t22-,23?,25?,26?,29?/m0/s1. The van der Waals surface area contributed by atoms with Crippen LogP contribution in [0.2, 0.25) is 0 Å². The van der Waals surface area contributed by atoms with E-state index in [1.807, 2.05) is 48.5 Å². The van der Waals surface area contributed by atoms with Crippen molar-refractivity contribution in [2.45, 2.75) is 55.3 Å². The smallest absolute Gasteiger partial charge is 0.407 e. The minimum Gasteiger partial charge on any atom is -0.481 e. The van der Waals surface area contributed by atoms with Crippen LogP contribution in [0.1, 0.15) is 36.3 Å². The molecule has 2 aromatic carbocycles. The lowest BCUT2D eigenvalue weighted by Crippen LogP contribution is -2.64. The normalized spacial score (nSPS) is 23.9. The summed E-state index contributed by atoms with van der Waals surface area (Å²) in [5, 5.41) is 56.7. The highest BCUT2D eigenvalue weighted by molar-refractivity contribution is 5.86. The molecule has 0 saturated carbocycles. The molecule has 0 spiro atoms. The monoisotopic (exact) mass is 587 g/mol. The Labute approximate surface area is 242 Å². The molecule has 13 heteroatoms. The third-order valence-electron chi connectivity index (χ3n) is 7.50. The molecule has 1 saturated heterocycles. The Balaban J connectivity index is 1.31. The van der Waals surface area contributed by atoms with E-state index in [-0.39, 0.29) is 51.6 Å². The summed E-state index contributed by atoms with van der Waals surface area (Å²) in [5.41, 5.74) is 4.23. The van der Waals surface area contributed by atoms with Crippen LogP contribution < -0.4 is 16.0 Å². The van der Waals surface area contributed by atoms with Crippen LogP contribution in [0.3, 0.4) is 0 Å². The number of amides is 2. The number of carboxylic acids is 1. The summed E-state index contributed by atoms with van der Waals surface area (Å²) < 4.78 is 10.7. The molecule has 1 fully saturated rings. The predicted molar refractivity (Wildman–Crippen MR) is 148 cm³/mol. The van der Waals surface area contributed by atoms with Crippen molar-refractivity contribution < 1.29 is 49.4 Å². The number of aliphatic hydroxyl groups is 4. The molecule has 2 amide bonds. The van der Waals surface area contributed by atoms with Crippen LogP contribution in [-0.4, -0.2) is 106 Å². The molecule has 1 heterocycles. The number of nitrogens with one attached hydrogen (secondary N) is 3. The summed E-state index contributed by atoms with van der Waals surface area (Å²) in [7, 11) is 0. The van der Waals surface area contributed by atoms with Gasteiger partial charge in [-0.2, -0.15) is 0 Å². The third kappa shape index (κ3) is 7.43. The van der Waals surface area contributed by atoms with E-state index in [2.05, 4.69) is 16.0 Å². The van der Waals surface area contributed by atoms with Crippen LogP contribution in [0.25, 0.3) is 11.1 Å². The van der Waals surface area contributed by atoms with Gasteiger partial charge >= 0.3 is 12.1 Å². The van der Waals surface area contributed by atoms with Crippen molar-refractivity contribution in [2.75, 3.05) is 32.8 Å². The van der Waals surface area contributed by atoms with Crippen LogP contribution in [0.5, 0.6) is 0 Å². The van der Waals surface area contributed by atoms with Crippen LogP contribution in [0.15, 0.2) is 48.5 Å². The van der Waals surface area contributed by atoms with Crippen molar-refractivity contribution in [1.29, 1.82) is 0 Å². The van der Waals surface area contributed by atoms with Gasteiger partial charge in [0.25, 0.3) is 0 Å². The molecule has 42 heavy (non-hydrogen) atoms. The van der Waals surface area contributed by atoms with Gasteiger partial charge in [0.15, 0.2) is 0 Å². The zero-order chi connectivity index (χ0) is 30.3. The van der Waals surface area contributed by atoms with E-state index in [0.29, 0.717) is 6.42 Å². The van der Waals surface area contributed by atoms with E-state index < -0.39 is 48.1 Å². The highest BCUT2D eigenvalue weighted by Gasteiger charge is 2.48. The number of rotatable bonds is 13. The molecule has 0 aromatic heterocycles. The van der Waals surface area contributed by atoms with E-state index in [0.717, 1.165) is 22.3 Å². The number of benzene rings is 2. The Morgan fingerprint density at radius 2 is 1.64 bits per heavy atom. The fourth-order valence-corrected chi connectivity index (χ4v) is 5.21. The SMILES string of the molecule is O=C(O)CCNC(=O)[C@H](CCCNCC1(O)OCC(O)C(O)C1O)NC(=O)OCC1c2ccccc2-c2ccccc21. The Hall–Kier alpha value is -3.59. The molecule has 5 atom stereocenters. The third-order valence-corrected chi connectivity index (χ3v) is 7.50. The van der Waals surface area contributed by atoms with Gasteiger partial charge in [-0.15, -0.1) is 0 Å². The number of carbonyl (C=O) groups is 3. The van der Waals surface area contributed by atoms with E-state index in [1.165, 1.54) is 0 Å². The summed E-state index contributed by atoms with van der Waals surface area (Å²) in [6.45, 7) is -0.476. The first-order valence-corrected chi connectivity index (χ1v) is 13.8. The highest BCUT2D eigenvalue weighted by atomic mass is 16.6. The Morgan fingerprint density at radius 3 is 2.29 bits per heavy atom. The van der Waals surface area contributed by atoms with E-state index >= 15 is 0 Å². The molecule has 4 unspecified atom stereocenters. The Morgan fingerprint density at radius 1 is 1.00 bits per heavy atom. The maximum atomic E-state index is 12.8. The number of hydrogen-bond donors (Lipinski definition) is 8. The maximum absolute atomic E-state index is 12.8. The number of aliphatic hydroxyl groups excluding tert-OH is 3. The zero-order valence-electron chi connectivity index (χ0n) is 22.9. The summed E-state index contributed by atoms with van der Waals surface area (Å²) in [5.74, 6) is -3.95. The second kappa shape index (κ2) is 14.1. The number of hydrogen-bond acceptors (Lipinski definition) is 10. The van der Waals surface area contributed by atoms with Gasteiger partial charge in [-0.25, -0.2) is 4.79 Å². The summed E-state index contributed by atoms with van der Waals surface area (Å²) in [6, 6.07) is 14.7. The van der Waals surface area contributed by atoms with Gasteiger partial charge in [0, 0.05) is 12.5 Å². The first-order valence-electron chi connectivity index (χ1n) is 13.8. The quantitative estimate of drug-likeness (QED) is 0.142. The fourth-order valence-electron chi connectivity index (χ4n) is 5.21. The average molecular weight is 588 g/mol. The van der Waals surface area contributed by atoms with Crippen molar-refractivity contribution in [1.82, 2.24) is 16.0 Å². The number of aliphatic carboxylic acids is 1. The van der Waals surface area contributed by atoms with Gasteiger partial charge in [-0.3, -0.25) is 9.59 Å². The molecule has 1 aliphatic heterocycles. The molecule has 1 aliphatic carbocycles. The molecule has 13 nitrogen and oxygen atoms in total. The molecule has 2 aliphatic rings. The molecule has 2 aromatic rings. The number of carboxylic acid groups (broad SMARTS) is 1. The number of alkyl carbamates (subject to hydrolysis) is 1. The topological polar surface area (TPSA) is 207 Å². The first kappa shape index (κ1) is 31.3. The summed E-state index contributed by atoms with van der Waals surface area (Å²) in [4.78, 5) is 36.4. The molecule has 0 radical (unpaired) electrons. The van der Waals surface area contributed by atoms with E-state index in [9.17, 15) is 34.8 Å². The molecule has 228 valence electrons. The van der Waals surface area contributed by atoms with Crippen LogP contribution >= 0.6 is 0 Å². The number of ether oxygens (including phenoxy) is 2. The largest absolute Gasteiger partial charge is 0.481 e. The summed E-state index contributed by atoms with van der Waals surface area (Å²) >= 11 is 0. The fraction of sp³-hybridized carbons (Fsp3) is 0.483. The lowest BCUT2D eigenvalue weighted by molar-refractivity contribution is -0.317. The molecular weight excluding hydrogens is 550 g/mol. The van der Waals surface area contributed by atoms with Crippen molar-refractivity contribution in [3.63, 3.8) is 0 Å². The average Bonchev–Trinajstić information content (AvgIpc) is 3.29. The lowest BCUT2D eigenvalue weighted by atomic mass is 9.97. The van der Waals surface area contributed by atoms with Crippen molar-refractivity contribution in [3.05, 3.63) is 59.7 Å². The van der Waals surface area contributed by atoms with Gasteiger partial charge < -0.3 is 51.0 Å². The van der Waals surface area contributed by atoms with Gasteiger partial charge in [0.2, 0.25) is 11.7 Å². The maximum Gasteiger partial charge on any atom is 0.407 e. The van der Waals surface area contributed by atoms with Gasteiger partial charge in [-0.1, -0.05) is 48.5 Å². The van der Waals surface area contributed by atoms with Gasteiger partial charge in [0.05, 0.1) is 19.6 Å². The minimum atomic E-state index is -2.12. The van der Waals surface area contributed by atoms with Crippen LogP contribution in [-0.2, 0) is 19.1 Å². The molecule has 4 rings (SSSR count). The number of carbonyl (C=O) groups excluding carboxylic acids is 2. The first-order chi connectivity index (χ1) is 20.1. The second-order valence-electron chi connectivity index (χ2n) is 10.4. The Bertz CT molecular complexity index is 1210. The van der Waals surface area contributed by atoms with Crippen LogP contribution in [0, 0.1) is 0 Å². The van der Waals surface area contributed by atoms with Crippen molar-refractivity contribution in [3.8, 4) is 11.1 Å². The number of fused-ring (bicyclic) bond motifs is 3. The van der Waals surface area contributed by atoms with Crippen molar-refractivity contribution >= 4 is 18.0 Å². The van der Waals surface area contributed by atoms with Crippen molar-refractivity contribution in [2.24, 2.45) is 0 Å². The van der Waals surface area contributed by atoms with E-state index in [4.69, 9.17) is 14.6 Å². The molecule has 8 N–H and O–H groups in total. The predicted octanol–water partition coefficient (Wildman–Crippen LogP) is -0.344. The van der Waals surface area contributed by atoms with Gasteiger partial charge in [-0.05, 0) is 41.6 Å². The Kier molecular flexibility index (Phi) is 10.5. The molecular formula is C29H37N3O10. The van der Waals surface area contributed by atoms with Crippen LogP contribution in [0.4, 0.5) is 4.79 Å². The minimum absolute atomic E-state index is 0.0518.